The highest BCUT2D eigenvalue weighted by Gasteiger charge is 2.30. The number of amides is 1. The van der Waals surface area contributed by atoms with Crippen LogP contribution in [0.2, 0.25) is 0 Å². The Balaban J connectivity index is 1.22. The molecule has 3 aromatic rings. The van der Waals surface area contributed by atoms with Crippen LogP contribution >= 0.6 is 0 Å². The second kappa shape index (κ2) is 7.66. The maximum Gasteiger partial charge on any atom is 0.223 e. The molecule has 1 aromatic carbocycles. The second-order valence-electron chi connectivity index (χ2n) is 7.83. The van der Waals surface area contributed by atoms with Gasteiger partial charge < -0.3 is 15.5 Å². The van der Waals surface area contributed by atoms with Gasteiger partial charge in [0, 0.05) is 36.6 Å². The zero-order chi connectivity index (χ0) is 19.6. The van der Waals surface area contributed by atoms with Crippen molar-refractivity contribution in [3.63, 3.8) is 0 Å². The number of hydrogen-bond donors (Lipinski definition) is 2. The maximum atomic E-state index is 12.2. The highest BCUT2D eigenvalue weighted by atomic mass is 16.2. The lowest BCUT2D eigenvalue weighted by molar-refractivity contribution is -0.125. The van der Waals surface area contributed by atoms with Gasteiger partial charge in [0.2, 0.25) is 5.91 Å². The molecule has 1 saturated heterocycles. The van der Waals surface area contributed by atoms with Crippen LogP contribution in [-0.4, -0.2) is 40.2 Å². The van der Waals surface area contributed by atoms with E-state index in [9.17, 15) is 4.79 Å². The standard InChI is InChI=1S/C22H24N6O/c29-22(24-17-5-6-17)16-10-13-28(14-11-16)20-8-7-19(26-27-20)25-21-18-4-2-1-3-15(18)9-12-23-21/h1-4,7-9,12,16-17H,5-6,10-11,13-14H2,(H,24,29)(H,23,25,26). The van der Waals surface area contributed by atoms with Crippen LogP contribution in [0.3, 0.4) is 0 Å². The average molecular weight is 388 g/mol. The van der Waals surface area contributed by atoms with Crippen molar-refractivity contribution in [2.45, 2.75) is 31.7 Å². The Kier molecular flexibility index (Phi) is 4.71. The zero-order valence-corrected chi connectivity index (χ0v) is 16.2. The van der Waals surface area contributed by atoms with Crippen LogP contribution in [0.5, 0.6) is 0 Å². The lowest BCUT2D eigenvalue weighted by Gasteiger charge is -2.31. The number of benzene rings is 1. The number of anilines is 3. The smallest absolute Gasteiger partial charge is 0.223 e. The summed E-state index contributed by atoms with van der Waals surface area (Å²) in [6.45, 7) is 1.66. The number of carbonyl (C=O) groups is 1. The van der Waals surface area contributed by atoms with Crippen molar-refractivity contribution in [1.29, 1.82) is 0 Å². The minimum absolute atomic E-state index is 0.123. The zero-order valence-electron chi connectivity index (χ0n) is 16.2. The fourth-order valence-electron chi connectivity index (χ4n) is 3.82. The molecule has 0 atom stereocenters. The Bertz CT molecular complexity index is 1000. The fraction of sp³-hybridized carbons (Fsp3) is 0.364. The first-order valence-corrected chi connectivity index (χ1v) is 10.3. The number of pyridine rings is 1. The van der Waals surface area contributed by atoms with Gasteiger partial charge in [-0.15, -0.1) is 10.2 Å². The molecule has 5 rings (SSSR count). The Morgan fingerprint density at radius 1 is 0.966 bits per heavy atom. The molecule has 0 radical (unpaired) electrons. The number of aromatic nitrogens is 3. The minimum Gasteiger partial charge on any atom is -0.355 e. The van der Waals surface area contributed by atoms with E-state index in [2.05, 4.69) is 36.8 Å². The van der Waals surface area contributed by atoms with E-state index in [0.717, 1.165) is 61.2 Å². The summed E-state index contributed by atoms with van der Waals surface area (Å²) in [5, 5.41) is 17.3. The SMILES string of the molecule is O=C(NC1CC1)C1CCN(c2ccc(Nc3nccc4ccccc34)nn2)CC1. The number of piperidine rings is 1. The number of fused-ring (bicyclic) bond motifs is 1. The molecule has 1 aliphatic carbocycles. The first kappa shape index (κ1) is 17.8. The van der Waals surface area contributed by atoms with Crippen LogP contribution in [0.4, 0.5) is 17.5 Å². The Hall–Kier alpha value is -3.22. The first-order valence-electron chi connectivity index (χ1n) is 10.3. The molecule has 2 fully saturated rings. The molecule has 1 aliphatic heterocycles. The molecule has 1 amide bonds. The van der Waals surface area contributed by atoms with Gasteiger partial charge in [-0.05, 0) is 49.3 Å². The summed E-state index contributed by atoms with van der Waals surface area (Å²) >= 11 is 0. The molecular weight excluding hydrogens is 364 g/mol. The Morgan fingerprint density at radius 2 is 1.79 bits per heavy atom. The van der Waals surface area contributed by atoms with Gasteiger partial charge in [-0.25, -0.2) is 4.98 Å². The van der Waals surface area contributed by atoms with Crippen molar-refractivity contribution in [1.82, 2.24) is 20.5 Å². The summed E-state index contributed by atoms with van der Waals surface area (Å²) in [5.41, 5.74) is 0. The summed E-state index contributed by atoms with van der Waals surface area (Å²) in [4.78, 5) is 18.9. The molecule has 0 unspecified atom stereocenters. The van der Waals surface area contributed by atoms with Crippen LogP contribution in [0.25, 0.3) is 10.8 Å². The quantitative estimate of drug-likeness (QED) is 0.698. The van der Waals surface area contributed by atoms with Crippen LogP contribution in [0.15, 0.2) is 48.7 Å². The number of rotatable bonds is 5. The molecular formula is C22H24N6O. The lowest BCUT2D eigenvalue weighted by Crippen LogP contribution is -2.41. The summed E-state index contributed by atoms with van der Waals surface area (Å²) < 4.78 is 0. The van der Waals surface area contributed by atoms with Crippen molar-refractivity contribution in [3.8, 4) is 0 Å². The average Bonchev–Trinajstić information content (AvgIpc) is 3.59. The predicted molar refractivity (Wildman–Crippen MR) is 113 cm³/mol. The van der Waals surface area contributed by atoms with Gasteiger partial charge in [0.15, 0.2) is 11.6 Å². The van der Waals surface area contributed by atoms with Gasteiger partial charge in [0.1, 0.15) is 5.82 Å². The molecule has 7 heteroatoms. The molecule has 2 N–H and O–H groups in total. The highest BCUT2D eigenvalue weighted by molar-refractivity contribution is 5.92. The van der Waals surface area contributed by atoms with Crippen LogP contribution in [0.1, 0.15) is 25.7 Å². The predicted octanol–water partition coefficient (Wildman–Crippen LogP) is 3.26. The summed E-state index contributed by atoms with van der Waals surface area (Å²) in [7, 11) is 0. The van der Waals surface area contributed by atoms with E-state index in [1.807, 2.05) is 36.4 Å². The molecule has 7 nitrogen and oxygen atoms in total. The second-order valence-corrected chi connectivity index (χ2v) is 7.83. The van der Waals surface area contributed by atoms with Crippen molar-refractivity contribution in [3.05, 3.63) is 48.7 Å². The number of nitrogens with one attached hydrogen (secondary N) is 2. The van der Waals surface area contributed by atoms with Gasteiger partial charge in [-0.3, -0.25) is 4.79 Å². The van der Waals surface area contributed by atoms with Crippen LogP contribution < -0.4 is 15.5 Å². The van der Waals surface area contributed by atoms with E-state index in [-0.39, 0.29) is 11.8 Å². The Labute approximate surface area is 169 Å². The van der Waals surface area contributed by atoms with Crippen LogP contribution in [0, 0.1) is 5.92 Å². The highest BCUT2D eigenvalue weighted by Crippen LogP contribution is 2.26. The van der Waals surface area contributed by atoms with Gasteiger partial charge in [0.05, 0.1) is 0 Å². The third-order valence-electron chi connectivity index (χ3n) is 5.68. The van der Waals surface area contributed by atoms with E-state index < -0.39 is 0 Å². The van der Waals surface area contributed by atoms with Crippen molar-refractivity contribution < 1.29 is 4.79 Å². The molecule has 148 valence electrons. The first-order chi connectivity index (χ1) is 14.3. The van der Waals surface area contributed by atoms with E-state index in [1.165, 1.54) is 0 Å². The Morgan fingerprint density at radius 3 is 2.55 bits per heavy atom. The lowest BCUT2D eigenvalue weighted by atomic mass is 9.96. The van der Waals surface area contributed by atoms with Crippen molar-refractivity contribution in [2.24, 2.45) is 5.92 Å². The van der Waals surface area contributed by atoms with E-state index in [1.54, 1.807) is 6.20 Å². The van der Waals surface area contributed by atoms with Gasteiger partial charge >= 0.3 is 0 Å². The van der Waals surface area contributed by atoms with Crippen molar-refractivity contribution >= 4 is 34.1 Å². The maximum absolute atomic E-state index is 12.2. The van der Waals surface area contributed by atoms with E-state index in [0.29, 0.717) is 11.9 Å². The number of nitrogens with zero attached hydrogens (tertiary/aromatic N) is 4. The molecule has 29 heavy (non-hydrogen) atoms. The third-order valence-corrected chi connectivity index (χ3v) is 5.68. The summed E-state index contributed by atoms with van der Waals surface area (Å²) in [6.07, 6.45) is 5.78. The minimum atomic E-state index is 0.123. The summed E-state index contributed by atoms with van der Waals surface area (Å²) in [5.74, 6) is 2.63. The van der Waals surface area contributed by atoms with E-state index >= 15 is 0 Å². The molecule has 1 saturated carbocycles. The van der Waals surface area contributed by atoms with Gasteiger partial charge in [-0.1, -0.05) is 24.3 Å². The van der Waals surface area contributed by atoms with Gasteiger partial charge in [0.25, 0.3) is 0 Å². The number of hydrogen-bond acceptors (Lipinski definition) is 6. The molecule has 3 heterocycles. The summed E-state index contributed by atoms with van der Waals surface area (Å²) in [6, 6.07) is 14.4. The molecule has 0 spiro atoms. The largest absolute Gasteiger partial charge is 0.355 e. The molecule has 2 aliphatic rings. The number of carbonyl (C=O) groups excluding carboxylic acids is 1. The third kappa shape index (κ3) is 3.99. The topological polar surface area (TPSA) is 83.0 Å². The van der Waals surface area contributed by atoms with E-state index in [4.69, 9.17) is 0 Å². The normalized spacial score (nSPS) is 17.3. The molecule has 2 aromatic heterocycles. The van der Waals surface area contributed by atoms with Gasteiger partial charge in [-0.2, -0.15) is 0 Å². The fourth-order valence-corrected chi connectivity index (χ4v) is 3.82. The molecule has 0 bridgehead atoms. The monoisotopic (exact) mass is 388 g/mol. The van der Waals surface area contributed by atoms with Crippen molar-refractivity contribution in [2.75, 3.05) is 23.3 Å². The van der Waals surface area contributed by atoms with Crippen LogP contribution in [-0.2, 0) is 4.79 Å².